The standard InChI is InChI=1S/C27H34FNO6/c1-2-33-25(26(30)31)18-20-8-12-23(13-9-20)34-17-16-29(19-21-6-4-3-5-7-21)27(32)35-24-14-10-22(28)11-15-24/h8-15,21,25H,2-7,16-19H2,1H3,(H,30,31). The van der Waals surface area contributed by atoms with Crippen LogP contribution in [-0.4, -0.2) is 54.5 Å². The fourth-order valence-corrected chi connectivity index (χ4v) is 4.23. The number of ether oxygens (including phenoxy) is 3. The molecule has 0 heterocycles. The third kappa shape index (κ3) is 8.87. The number of carbonyl (C=O) groups is 2. The van der Waals surface area contributed by atoms with Crippen molar-refractivity contribution in [3.63, 3.8) is 0 Å². The fraction of sp³-hybridized carbons (Fsp3) is 0.481. The Hall–Kier alpha value is -3.13. The summed E-state index contributed by atoms with van der Waals surface area (Å²) in [6, 6.07) is 12.6. The molecule has 1 aliphatic carbocycles. The van der Waals surface area contributed by atoms with Gasteiger partial charge in [0.05, 0.1) is 6.54 Å². The van der Waals surface area contributed by atoms with Crippen LogP contribution in [0, 0.1) is 11.7 Å². The minimum atomic E-state index is -0.988. The molecule has 1 fully saturated rings. The van der Waals surface area contributed by atoms with Crippen LogP contribution in [0.1, 0.15) is 44.6 Å². The molecule has 7 nitrogen and oxygen atoms in total. The maximum absolute atomic E-state index is 13.2. The Bertz CT molecular complexity index is 928. The fourth-order valence-electron chi connectivity index (χ4n) is 4.23. The van der Waals surface area contributed by atoms with E-state index in [4.69, 9.17) is 14.2 Å². The van der Waals surface area contributed by atoms with Gasteiger partial charge in [-0.2, -0.15) is 0 Å². The molecule has 1 aliphatic rings. The Kier molecular flexibility index (Phi) is 10.3. The van der Waals surface area contributed by atoms with Crippen molar-refractivity contribution in [1.29, 1.82) is 0 Å². The van der Waals surface area contributed by atoms with Crippen LogP contribution < -0.4 is 9.47 Å². The molecule has 35 heavy (non-hydrogen) atoms. The number of carboxylic acid groups (broad SMARTS) is 1. The monoisotopic (exact) mass is 487 g/mol. The normalized spacial score (nSPS) is 14.8. The number of amides is 1. The van der Waals surface area contributed by atoms with Gasteiger partial charge in [-0.15, -0.1) is 0 Å². The van der Waals surface area contributed by atoms with Crippen molar-refractivity contribution >= 4 is 12.1 Å². The molecule has 1 amide bonds. The van der Waals surface area contributed by atoms with Crippen LogP contribution in [0.3, 0.4) is 0 Å². The van der Waals surface area contributed by atoms with Gasteiger partial charge in [0.1, 0.15) is 23.9 Å². The van der Waals surface area contributed by atoms with Gasteiger partial charge in [0.2, 0.25) is 0 Å². The maximum Gasteiger partial charge on any atom is 0.415 e. The average Bonchev–Trinajstić information content (AvgIpc) is 2.86. The van der Waals surface area contributed by atoms with E-state index in [9.17, 15) is 19.1 Å². The SMILES string of the molecule is CCOC(Cc1ccc(OCCN(CC2CCCCC2)C(=O)Oc2ccc(F)cc2)cc1)C(=O)O. The summed E-state index contributed by atoms with van der Waals surface area (Å²) in [5, 5.41) is 9.25. The maximum atomic E-state index is 13.2. The molecule has 0 saturated heterocycles. The molecule has 1 saturated carbocycles. The molecule has 3 rings (SSSR count). The van der Waals surface area contributed by atoms with Gasteiger partial charge in [0.15, 0.2) is 6.10 Å². The smallest absolute Gasteiger partial charge is 0.415 e. The molecule has 1 atom stereocenters. The zero-order chi connectivity index (χ0) is 25.0. The molecular weight excluding hydrogens is 453 g/mol. The van der Waals surface area contributed by atoms with Crippen molar-refractivity contribution in [3.8, 4) is 11.5 Å². The van der Waals surface area contributed by atoms with Gasteiger partial charge in [0, 0.05) is 19.6 Å². The summed E-state index contributed by atoms with van der Waals surface area (Å²) < 4.78 is 29.8. The third-order valence-corrected chi connectivity index (χ3v) is 6.10. The van der Waals surface area contributed by atoms with Crippen LogP contribution >= 0.6 is 0 Å². The second-order valence-corrected chi connectivity index (χ2v) is 8.75. The molecule has 0 aliphatic heterocycles. The highest BCUT2D eigenvalue weighted by Gasteiger charge is 2.23. The number of nitrogens with zero attached hydrogens (tertiary/aromatic N) is 1. The summed E-state index contributed by atoms with van der Waals surface area (Å²) in [7, 11) is 0. The first-order valence-corrected chi connectivity index (χ1v) is 12.2. The van der Waals surface area contributed by atoms with Crippen molar-refractivity contribution in [2.75, 3.05) is 26.3 Å². The van der Waals surface area contributed by atoms with Crippen molar-refractivity contribution in [2.45, 2.75) is 51.6 Å². The minimum Gasteiger partial charge on any atom is -0.492 e. The molecule has 2 aromatic carbocycles. The van der Waals surface area contributed by atoms with Crippen LogP contribution in [-0.2, 0) is 16.0 Å². The van der Waals surface area contributed by atoms with E-state index in [-0.39, 0.29) is 18.8 Å². The Morgan fingerprint density at radius 1 is 1.03 bits per heavy atom. The molecule has 0 radical (unpaired) electrons. The number of rotatable bonds is 12. The van der Waals surface area contributed by atoms with Gasteiger partial charge in [-0.3, -0.25) is 0 Å². The van der Waals surface area contributed by atoms with Crippen molar-refractivity contribution in [2.24, 2.45) is 5.92 Å². The predicted octanol–water partition coefficient (Wildman–Crippen LogP) is 5.32. The second kappa shape index (κ2) is 13.7. The zero-order valence-corrected chi connectivity index (χ0v) is 20.2. The Morgan fingerprint density at radius 3 is 2.31 bits per heavy atom. The highest BCUT2D eigenvalue weighted by molar-refractivity contribution is 5.72. The van der Waals surface area contributed by atoms with E-state index in [1.807, 2.05) is 12.1 Å². The van der Waals surface area contributed by atoms with Gasteiger partial charge in [-0.25, -0.2) is 14.0 Å². The van der Waals surface area contributed by atoms with Crippen molar-refractivity contribution in [3.05, 3.63) is 59.9 Å². The molecule has 0 aromatic heterocycles. The highest BCUT2D eigenvalue weighted by atomic mass is 19.1. The van der Waals surface area contributed by atoms with E-state index in [2.05, 4.69) is 0 Å². The molecule has 2 aromatic rings. The molecular formula is C27H34FNO6. The quantitative estimate of drug-likeness (QED) is 0.436. The number of hydrogen-bond acceptors (Lipinski definition) is 5. The van der Waals surface area contributed by atoms with E-state index in [0.717, 1.165) is 18.4 Å². The lowest BCUT2D eigenvalue weighted by atomic mass is 9.89. The number of halogens is 1. The van der Waals surface area contributed by atoms with Gasteiger partial charge in [-0.1, -0.05) is 31.4 Å². The second-order valence-electron chi connectivity index (χ2n) is 8.75. The summed E-state index contributed by atoms with van der Waals surface area (Å²) in [6.07, 6.45) is 4.65. The van der Waals surface area contributed by atoms with Gasteiger partial charge < -0.3 is 24.2 Å². The van der Waals surface area contributed by atoms with Gasteiger partial charge >= 0.3 is 12.1 Å². The topological polar surface area (TPSA) is 85.3 Å². The lowest BCUT2D eigenvalue weighted by Gasteiger charge is -2.29. The molecule has 8 heteroatoms. The largest absolute Gasteiger partial charge is 0.492 e. The number of carbonyl (C=O) groups excluding carboxylic acids is 1. The van der Waals surface area contributed by atoms with Crippen molar-refractivity contribution in [1.82, 2.24) is 4.90 Å². The van der Waals surface area contributed by atoms with Crippen LogP contribution in [0.2, 0.25) is 0 Å². The first-order valence-electron chi connectivity index (χ1n) is 12.2. The Morgan fingerprint density at radius 2 is 1.69 bits per heavy atom. The summed E-state index contributed by atoms with van der Waals surface area (Å²) in [4.78, 5) is 25.8. The Labute approximate surface area is 205 Å². The van der Waals surface area contributed by atoms with E-state index in [1.54, 1.807) is 24.0 Å². The summed E-state index contributed by atoms with van der Waals surface area (Å²) in [5.74, 6) is -0.0245. The number of carboxylic acids is 1. The molecule has 190 valence electrons. The Balaban J connectivity index is 1.55. The van der Waals surface area contributed by atoms with Crippen LogP contribution in [0.25, 0.3) is 0 Å². The lowest BCUT2D eigenvalue weighted by molar-refractivity contribution is -0.149. The van der Waals surface area contributed by atoms with E-state index in [0.29, 0.717) is 37.1 Å². The van der Waals surface area contributed by atoms with E-state index >= 15 is 0 Å². The first kappa shape index (κ1) is 26.5. The summed E-state index contributed by atoms with van der Waals surface area (Å²) >= 11 is 0. The average molecular weight is 488 g/mol. The van der Waals surface area contributed by atoms with Crippen molar-refractivity contribution < 1.29 is 33.3 Å². The van der Waals surface area contributed by atoms with Gasteiger partial charge in [0.25, 0.3) is 0 Å². The van der Waals surface area contributed by atoms with E-state index in [1.165, 1.54) is 43.5 Å². The number of aliphatic carboxylic acids is 1. The molecule has 0 spiro atoms. The molecule has 0 bridgehead atoms. The highest BCUT2D eigenvalue weighted by Crippen LogP contribution is 2.25. The number of benzene rings is 2. The van der Waals surface area contributed by atoms with Crippen LogP contribution in [0.4, 0.5) is 9.18 Å². The zero-order valence-electron chi connectivity index (χ0n) is 20.2. The van der Waals surface area contributed by atoms with Crippen LogP contribution in [0.5, 0.6) is 11.5 Å². The molecule has 1 unspecified atom stereocenters. The van der Waals surface area contributed by atoms with Crippen LogP contribution in [0.15, 0.2) is 48.5 Å². The first-order chi connectivity index (χ1) is 16.9. The number of hydrogen-bond donors (Lipinski definition) is 1. The summed E-state index contributed by atoms with van der Waals surface area (Å²) in [5.41, 5.74) is 0.833. The lowest BCUT2D eigenvalue weighted by Crippen LogP contribution is -2.40. The summed E-state index contributed by atoms with van der Waals surface area (Å²) in [6.45, 7) is 3.32. The molecule has 1 N–H and O–H groups in total. The minimum absolute atomic E-state index is 0.272. The predicted molar refractivity (Wildman–Crippen MR) is 129 cm³/mol. The van der Waals surface area contributed by atoms with Gasteiger partial charge in [-0.05, 0) is 67.6 Å². The van der Waals surface area contributed by atoms with E-state index < -0.39 is 18.2 Å². The third-order valence-electron chi connectivity index (χ3n) is 6.10.